The fraction of sp³-hybridized carbons (Fsp3) is 0.647. The summed E-state index contributed by atoms with van der Waals surface area (Å²) in [6.07, 6.45) is 3.68. The fourth-order valence-corrected chi connectivity index (χ4v) is 4.34. The molecule has 0 aliphatic carbocycles. The van der Waals surface area contributed by atoms with Crippen LogP contribution in [-0.4, -0.2) is 72.3 Å². The van der Waals surface area contributed by atoms with Crippen LogP contribution < -0.4 is 14.5 Å². The van der Waals surface area contributed by atoms with Crippen molar-refractivity contribution in [3.05, 3.63) is 17.8 Å². The van der Waals surface area contributed by atoms with Crippen LogP contribution in [0.4, 0.5) is 11.9 Å². The van der Waals surface area contributed by atoms with Crippen molar-refractivity contribution in [2.24, 2.45) is 7.05 Å². The van der Waals surface area contributed by atoms with Gasteiger partial charge in [0.15, 0.2) is 10.9 Å². The van der Waals surface area contributed by atoms with Gasteiger partial charge >= 0.3 is 0 Å². The third-order valence-electron chi connectivity index (χ3n) is 5.12. The van der Waals surface area contributed by atoms with E-state index in [0.29, 0.717) is 49.8 Å². The molecule has 0 radical (unpaired) electrons. The summed E-state index contributed by atoms with van der Waals surface area (Å²) < 4.78 is 34.8. The molecule has 0 atom stereocenters. The molecule has 0 bridgehead atoms. The summed E-state index contributed by atoms with van der Waals surface area (Å²) in [5.41, 5.74) is 0. The summed E-state index contributed by atoms with van der Waals surface area (Å²) in [4.78, 5) is 21.9. The molecule has 4 rings (SSSR count). The molecule has 0 aromatic carbocycles. The number of sulfonamides is 1. The average Bonchev–Trinajstić information content (AvgIpc) is 3.38. The highest BCUT2D eigenvalue weighted by Gasteiger charge is 2.23. The van der Waals surface area contributed by atoms with Gasteiger partial charge in [-0.1, -0.05) is 0 Å². The van der Waals surface area contributed by atoms with Crippen molar-refractivity contribution in [3.8, 4) is 0 Å². The molecule has 4 heterocycles. The highest BCUT2D eigenvalue weighted by Crippen LogP contribution is 2.20. The number of hydrogen-bond acceptors (Lipinski definition) is 9. The van der Waals surface area contributed by atoms with E-state index in [2.05, 4.69) is 29.6 Å². The standard InChI is InChI=1S/C17H26N8O3S/c1-13-19-15(12-23(13)2)29(26,27)18-11-14-20-16(24-5-3-4-6-24)22-17(21-14)25-7-9-28-10-8-25/h12,18H,3-11H2,1-2H3. The number of aromatic nitrogens is 5. The molecule has 0 spiro atoms. The van der Waals surface area contributed by atoms with Crippen molar-refractivity contribution in [1.29, 1.82) is 0 Å². The third-order valence-corrected chi connectivity index (χ3v) is 6.39. The van der Waals surface area contributed by atoms with E-state index in [0.717, 1.165) is 25.9 Å². The zero-order chi connectivity index (χ0) is 20.4. The van der Waals surface area contributed by atoms with Crippen molar-refractivity contribution >= 4 is 21.9 Å². The van der Waals surface area contributed by atoms with Crippen molar-refractivity contribution in [1.82, 2.24) is 29.2 Å². The van der Waals surface area contributed by atoms with Crippen LogP contribution in [0.15, 0.2) is 11.2 Å². The smallest absolute Gasteiger partial charge is 0.260 e. The van der Waals surface area contributed by atoms with E-state index in [1.54, 1.807) is 18.5 Å². The first-order valence-electron chi connectivity index (χ1n) is 9.74. The molecular formula is C17H26N8O3S. The van der Waals surface area contributed by atoms with E-state index in [1.807, 2.05) is 4.90 Å². The molecule has 11 nitrogen and oxygen atoms in total. The Hall–Kier alpha value is -2.31. The highest BCUT2D eigenvalue weighted by atomic mass is 32.2. The maximum Gasteiger partial charge on any atom is 0.260 e. The number of anilines is 2. The van der Waals surface area contributed by atoms with Crippen LogP contribution in [0.3, 0.4) is 0 Å². The summed E-state index contributed by atoms with van der Waals surface area (Å²) in [6.45, 7) is 6.14. The lowest BCUT2D eigenvalue weighted by Crippen LogP contribution is -2.38. The maximum absolute atomic E-state index is 12.6. The molecule has 2 aromatic rings. The largest absolute Gasteiger partial charge is 0.378 e. The van der Waals surface area contributed by atoms with Crippen LogP contribution in [0.2, 0.25) is 0 Å². The van der Waals surface area contributed by atoms with Crippen LogP contribution in [0, 0.1) is 6.92 Å². The lowest BCUT2D eigenvalue weighted by Gasteiger charge is -2.28. The van der Waals surface area contributed by atoms with Gasteiger partial charge in [-0.05, 0) is 19.8 Å². The molecular weight excluding hydrogens is 396 g/mol. The number of imidazole rings is 1. The Labute approximate surface area is 170 Å². The van der Waals surface area contributed by atoms with Crippen molar-refractivity contribution < 1.29 is 13.2 Å². The second kappa shape index (κ2) is 8.20. The zero-order valence-electron chi connectivity index (χ0n) is 16.7. The maximum atomic E-state index is 12.6. The Morgan fingerprint density at radius 2 is 1.62 bits per heavy atom. The zero-order valence-corrected chi connectivity index (χ0v) is 17.5. The monoisotopic (exact) mass is 422 g/mol. The lowest BCUT2D eigenvalue weighted by atomic mass is 10.4. The first-order valence-corrected chi connectivity index (χ1v) is 11.2. The van der Waals surface area contributed by atoms with Gasteiger partial charge in [-0.25, -0.2) is 18.1 Å². The lowest BCUT2D eigenvalue weighted by molar-refractivity contribution is 0.122. The molecule has 0 saturated carbocycles. The minimum atomic E-state index is -3.76. The van der Waals surface area contributed by atoms with Crippen LogP contribution in [0.5, 0.6) is 0 Å². The van der Waals surface area contributed by atoms with Gasteiger partial charge < -0.3 is 19.1 Å². The summed E-state index contributed by atoms with van der Waals surface area (Å²) in [7, 11) is -2.01. The van der Waals surface area contributed by atoms with E-state index in [4.69, 9.17) is 4.74 Å². The second-order valence-electron chi connectivity index (χ2n) is 7.21. The Bertz CT molecular complexity index is 946. The quantitative estimate of drug-likeness (QED) is 0.677. The minimum Gasteiger partial charge on any atom is -0.378 e. The van der Waals surface area contributed by atoms with E-state index < -0.39 is 10.0 Å². The van der Waals surface area contributed by atoms with Crippen molar-refractivity contribution in [2.75, 3.05) is 49.2 Å². The van der Waals surface area contributed by atoms with E-state index in [1.165, 1.54) is 6.20 Å². The third kappa shape index (κ3) is 4.49. The molecule has 12 heteroatoms. The second-order valence-corrected chi connectivity index (χ2v) is 8.92. The van der Waals surface area contributed by atoms with Crippen molar-refractivity contribution in [3.63, 3.8) is 0 Å². The summed E-state index contributed by atoms with van der Waals surface area (Å²) in [5.74, 6) is 2.17. The number of hydrogen-bond donors (Lipinski definition) is 1. The molecule has 2 aromatic heterocycles. The first kappa shape index (κ1) is 20.0. The molecule has 2 aliphatic rings. The van der Waals surface area contributed by atoms with Gasteiger partial charge in [0.25, 0.3) is 10.0 Å². The Balaban J connectivity index is 1.57. The highest BCUT2D eigenvalue weighted by molar-refractivity contribution is 7.89. The van der Waals surface area contributed by atoms with Crippen LogP contribution in [-0.2, 0) is 28.4 Å². The normalized spacial score (nSPS) is 17.9. The number of rotatable bonds is 6. The van der Waals surface area contributed by atoms with E-state index >= 15 is 0 Å². The summed E-state index contributed by atoms with van der Waals surface area (Å²) in [5, 5.41) is -0.0141. The SMILES string of the molecule is Cc1nc(S(=O)(=O)NCc2nc(N3CCCC3)nc(N3CCOCC3)n2)cn1C. The van der Waals surface area contributed by atoms with Gasteiger partial charge in [0.05, 0.1) is 19.8 Å². The molecule has 29 heavy (non-hydrogen) atoms. The Kier molecular flexibility index (Phi) is 5.65. The minimum absolute atomic E-state index is 0.0141. The van der Waals surface area contributed by atoms with Gasteiger partial charge in [0.2, 0.25) is 11.9 Å². The number of nitrogens with zero attached hydrogens (tertiary/aromatic N) is 7. The average molecular weight is 423 g/mol. The van der Waals surface area contributed by atoms with Crippen LogP contribution in [0.1, 0.15) is 24.5 Å². The number of ether oxygens (including phenoxy) is 1. The molecule has 2 aliphatic heterocycles. The number of morpholine rings is 1. The van der Waals surface area contributed by atoms with Crippen LogP contribution >= 0.6 is 0 Å². The Morgan fingerprint density at radius 3 is 2.21 bits per heavy atom. The number of aryl methyl sites for hydroxylation is 2. The Morgan fingerprint density at radius 1 is 1.00 bits per heavy atom. The van der Waals surface area contributed by atoms with E-state index in [-0.39, 0.29) is 11.6 Å². The van der Waals surface area contributed by atoms with Crippen molar-refractivity contribution in [2.45, 2.75) is 31.3 Å². The molecule has 0 amide bonds. The number of nitrogens with one attached hydrogen (secondary N) is 1. The molecule has 0 unspecified atom stereocenters. The van der Waals surface area contributed by atoms with Crippen LogP contribution in [0.25, 0.3) is 0 Å². The predicted molar refractivity (Wildman–Crippen MR) is 106 cm³/mol. The molecule has 2 fully saturated rings. The van der Waals surface area contributed by atoms with Gasteiger partial charge in [0.1, 0.15) is 5.82 Å². The fourth-order valence-electron chi connectivity index (χ4n) is 3.33. The van der Waals surface area contributed by atoms with Gasteiger partial charge in [-0.2, -0.15) is 15.0 Å². The van der Waals surface area contributed by atoms with E-state index in [9.17, 15) is 8.42 Å². The summed E-state index contributed by atoms with van der Waals surface area (Å²) in [6, 6.07) is 0. The predicted octanol–water partition coefficient (Wildman–Crippen LogP) is -0.171. The van der Waals surface area contributed by atoms with Gasteiger partial charge in [0, 0.05) is 39.4 Å². The first-order chi connectivity index (χ1) is 13.9. The topological polar surface area (TPSA) is 118 Å². The van der Waals surface area contributed by atoms with Gasteiger partial charge in [-0.15, -0.1) is 0 Å². The molecule has 2 saturated heterocycles. The summed E-state index contributed by atoms with van der Waals surface area (Å²) >= 11 is 0. The molecule has 158 valence electrons. The van der Waals surface area contributed by atoms with Gasteiger partial charge in [-0.3, -0.25) is 0 Å². The molecule has 1 N–H and O–H groups in total.